The van der Waals surface area contributed by atoms with Gasteiger partial charge in [-0.25, -0.2) is 0 Å². The van der Waals surface area contributed by atoms with Crippen molar-refractivity contribution in [3.63, 3.8) is 0 Å². The lowest BCUT2D eigenvalue weighted by Gasteiger charge is -2.19. The summed E-state index contributed by atoms with van der Waals surface area (Å²) in [4.78, 5) is 0. The van der Waals surface area contributed by atoms with Crippen molar-refractivity contribution in [2.45, 2.75) is 13.0 Å². The molecule has 0 radical (unpaired) electrons. The van der Waals surface area contributed by atoms with Crippen LogP contribution in [0, 0.1) is 0 Å². The predicted octanol–water partition coefficient (Wildman–Crippen LogP) is 3.90. The van der Waals surface area contributed by atoms with E-state index in [4.69, 9.17) is 15.2 Å². The number of para-hydroxylation sites is 1. The highest BCUT2D eigenvalue weighted by Gasteiger charge is 2.18. The molecule has 106 valence electrons. The molecule has 2 aromatic carbocycles. The van der Waals surface area contributed by atoms with Gasteiger partial charge in [-0.2, -0.15) is 0 Å². The normalized spacial score (nSPS) is 12.0. The van der Waals surface area contributed by atoms with Crippen LogP contribution in [-0.4, -0.2) is 13.7 Å². The lowest BCUT2D eigenvalue weighted by Crippen LogP contribution is -2.14. The molecule has 0 bridgehead atoms. The van der Waals surface area contributed by atoms with E-state index in [0.29, 0.717) is 6.61 Å². The molecule has 0 spiro atoms. The van der Waals surface area contributed by atoms with Crippen molar-refractivity contribution in [3.8, 4) is 11.5 Å². The van der Waals surface area contributed by atoms with Gasteiger partial charge in [-0.05, 0) is 31.2 Å². The van der Waals surface area contributed by atoms with Gasteiger partial charge in [0, 0.05) is 15.6 Å². The van der Waals surface area contributed by atoms with Crippen molar-refractivity contribution >= 4 is 15.9 Å². The third-order valence-electron chi connectivity index (χ3n) is 3.08. The molecule has 0 fully saturated rings. The Morgan fingerprint density at radius 1 is 1.10 bits per heavy atom. The monoisotopic (exact) mass is 335 g/mol. The van der Waals surface area contributed by atoms with E-state index in [1.165, 1.54) is 0 Å². The van der Waals surface area contributed by atoms with Crippen LogP contribution in [0.3, 0.4) is 0 Å². The first-order valence-electron chi connectivity index (χ1n) is 6.48. The Morgan fingerprint density at radius 3 is 2.55 bits per heavy atom. The molecule has 0 saturated heterocycles. The van der Waals surface area contributed by atoms with Gasteiger partial charge in [0.1, 0.15) is 11.5 Å². The number of hydrogen-bond donors (Lipinski definition) is 1. The number of rotatable bonds is 5. The third-order valence-corrected chi connectivity index (χ3v) is 3.57. The second-order valence-electron chi connectivity index (χ2n) is 4.33. The van der Waals surface area contributed by atoms with Crippen LogP contribution in [-0.2, 0) is 0 Å². The van der Waals surface area contributed by atoms with Crippen LogP contribution in [0.5, 0.6) is 11.5 Å². The van der Waals surface area contributed by atoms with E-state index in [2.05, 4.69) is 15.9 Å². The van der Waals surface area contributed by atoms with E-state index < -0.39 is 0 Å². The van der Waals surface area contributed by atoms with Gasteiger partial charge in [0.05, 0.1) is 19.8 Å². The molecule has 2 N–H and O–H groups in total. The van der Waals surface area contributed by atoms with E-state index in [-0.39, 0.29) is 6.04 Å². The summed E-state index contributed by atoms with van der Waals surface area (Å²) in [6.45, 7) is 2.56. The molecule has 1 unspecified atom stereocenters. The molecular weight excluding hydrogens is 318 g/mol. The first kappa shape index (κ1) is 14.9. The standard InChI is InChI=1S/C16H18BrNO2/c1-3-20-15-9-8-11(17)10-13(15)16(18)12-6-4-5-7-14(12)19-2/h4-10,16H,3,18H2,1-2H3. The molecule has 0 aliphatic carbocycles. The molecule has 0 aromatic heterocycles. The second-order valence-corrected chi connectivity index (χ2v) is 5.25. The number of halogens is 1. The average molecular weight is 336 g/mol. The van der Waals surface area contributed by atoms with Gasteiger partial charge < -0.3 is 15.2 Å². The molecule has 20 heavy (non-hydrogen) atoms. The fraction of sp³-hybridized carbons (Fsp3) is 0.250. The van der Waals surface area contributed by atoms with Gasteiger partial charge in [-0.15, -0.1) is 0 Å². The van der Waals surface area contributed by atoms with Crippen molar-refractivity contribution in [1.29, 1.82) is 0 Å². The van der Waals surface area contributed by atoms with Gasteiger partial charge in [0.25, 0.3) is 0 Å². The van der Waals surface area contributed by atoms with Crippen molar-refractivity contribution in [2.24, 2.45) is 5.73 Å². The lowest BCUT2D eigenvalue weighted by molar-refractivity contribution is 0.335. The molecule has 0 aliphatic heterocycles. The first-order valence-corrected chi connectivity index (χ1v) is 7.27. The van der Waals surface area contributed by atoms with E-state index in [1.807, 2.05) is 49.4 Å². The van der Waals surface area contributed by atoms with Gasteiger partial charge in [0.15, 0.2) is 0 Å². The van der Waals surface area contributed by atoms with Gasteiger partial charge in [-0.1, -0.05) is 34.1 Å². The Bertz CT molecular complexity index is 586. The topological polar surface area (TPSA) is 44.5 Å². The summed E-state index contributed by atoms with van der Waals surface area (Å²) in [5.74, 6) is 1.58. The molecule has 4 heteroatoms. The molecule has 2 aromatic rings. The van der Waals surface area contributed by atoms with Crippen LogP contribution >= 0.6 is 15.9 Å². The third kappa shape index (κ3) is 3.14. The largest absolute Gasteiger partial charge is 0.496 e. The SMILES string of the molecule is CCOc1ccc(Br)cc1C(N)c1ccccc1OC. The molecule has 0 saturated carbocycles. The van der Waals surface area contributed by atoms with Crippen LogP contribution in [0.4, 0.5) is 0 Å². The Labute approximate surface area is 127 Å². The molecule has 2 rings (SSSR count). The smallest absolute Gasteiger partial charge is 0.124 e. The Kier molecular flexibility index (Phi) is 5.04. The maximum atomic E-state index is 6.41. The number of hydrogen-bond acceptors (Lipinski definition) is 3. The molecule has 1 atom stereocenters. The Hall–Kier alpha value is -1.52. The maximum Gasteiger partial charge on any atom is 0.124 e. The fourth-order valence-electron chi connectivity index (χ4n) is 2.14. The molecule has 0 amide bonds. The average Bonchev–Trinajstić information content (AvgIpc) is 2.48. The summed E-state index contributed by atoms with van der Waals surface area (Å²) in [6, 6.07) is 13.3. The zero-order valence-electron chi connectivity index (χ0n) is 11.6. The molecule has 0 heterocycles. The second kappa shape index (κ2) is 6.77. The minimum absolute atomic E-state index is 0.301. The van der Waals surface area contributed by atoms with E-state index in [0.717, 1.165) is 27.1 Å². The summed E-state index contributed by atoms with van der Waals surface area (Å²) in [5.41, 5.74) is 8.29. The summed E-state index contributed by atoms with van der Waals surface area (Å²) in [5, 5.41) is 0. The summed E-state index contributed by atoms with van der Waals surface area (Å²) >= 11 is 3.48. The Balaban J connectivity index is 2.46. The van der Waals surface area contributed by atoms with Crippen molar-refractivity contribution in [1.82, 2.24) is 0 Å². The number of ether oxygens (including phenoxy) is 2. The quantitative estimate of drug-likeness (QED) is 0.900. The van der Waals surface area contributed by atoms with Crippen LogP contribution in [0.2, 0.25) is 0 Å². The fourth-order valence-corrected chi connectivity index (χ4v) is 2.52. The van der Waals surface area contributed by atoms with Crippen LogP contribution in [0.1, 0.15) is 24.1 Å². The van der Waals surface area contributed by atoms with Crippen molar-refractivity contribution in [3.05, 3.63) is 58.1 Å². The van der Waals surface area contributed by atoms with Gasteiger partial charge >= 0.3 is 0 Å². The summed E-state index contributed by atoms with van der Waals surface area (Å²) < 4.78 is 12.0. The summed E-state index contributed by atoms with van der Waals surface area (Å²) in [6.07, 6.45) is 0. The zero-order valence-corrected chi connectivity index (χ0v) is 13.2. The minimum atomic E-state index is -0.301. The first-order chi connectivity index (χ1) is 9.67. The predicted molar refractivity (Wildman–Crippen MR) is 84.3 cm³/mol. The highest BCUT2D eigenvalue weighted by atomic mass is 79.9. The van der Waals surface area contributed by atoms with Crippen LogP contribution in [0.25, 0.3) is 0 Å². The number of methoxy groups -OCH3 is 1. The van der Waals surface area contributed by atoms with Crippen LogP contribution in [0.15, 0.2) is 46.9 Å². The highest BCUT2D eigenvalue weighted by molar-refractivity contribution is 9.10. The lowest BCUT2D eigenvalue weighted by atomic mass is 9.98. The minimum Gasteiger partial charge on any atom is -0.496 e. The van der Waals surface area contributed by atoms with E-state index in [1.54, 1.807) is 7.11 Å². The summed E-state index contributed by atoms with van der Waals surface area (Å²) in [7, 11) is 1.65. The molecular formula is C16H18BrNO2. The molecule has 3 nitrogen and oxygen atoms in total. The Morgan fingerprint density at radius 2 is 1.85 bits per heavy atom. The number of nitrogens with two attached hydrogens (primary N) is 1. The zero-order chi connectivity index (χ0) is 14.5. The van der Waals surface area contributed by atoms with E-state index in [9.17, 15) is 0 Å². The number of benzene rings is 2. The van der Waals surface area contributed by atoms with Crippen LogP contribution < -0.4 is 15.2 Å². The van der Waals surface area contributed by atoms with Crippen molar-refractivity contribution in [2.75, 3.05) is 13.7 Å². The highest BCUT2D eigenvalue weighted by Crippen LogP contribution is 2.34. The van der Waals surface area contributed by atoms with Gasteiger partial charge in [-0.3, -0.25) is 0 Å². The van der Waals surface area contributed by atoms with Gasteiger partial charge in [0.2, 0.25) is 0 Å². The van der Waals surface area contributed by atoms with Crippen molar-refractivity contribution < 1.29 is 9.47 Å². The maximum absolute atomic E-state index is 6.41. The van der Waals surface area contributed by atoms with E-state index >= 15 is 0 Å². The molecule has 0 aliphatic rings.